The zero-order valence-electron chi connectivity index (χ0n) is 14.4. The maximum atomic E-state index is 12.1. The normalized spacial score (nSPS) is 11.1. The number of carbonyl (C=O) groups is 1. The molecule has 3 rings (SSSR count). The van der Waals surface area contributed by atoms with Crippen molar-refractivity contribution in [1.29, 1.82) is 0 Å². The van der Waals surface area contributed by atoms with Gasteiger partial charge in [0.05, 0.1) is 6.54 Å². The maximum Gasteiger partial charge on any atom is 0.573 e. The molecule has 0 radical (unpaired) electrons. The topological polar surface area (TPSA) is 107 Å². The van der Waals surface area contributed by atoms with Crippen molar-refractivity contribution in [2.45, 2.75) is 19.8 Å². The number of nitrogens with zero attached hydrogens (tertiary/aromatic N) is 5. The van der Waals surface area contributed by atoms with E-state index in [2.05, 4.69) is 35.8 Å². The van der Waals surface area contributed by atoms with Crippen LogP contribution in [0.5, 0.6) is 5.75 Å². The molecule has 12 heteroatoms. The Morgan fingerprint density at radius 1 is 1.18 bits per heavy atom. The summed E-state index contributed by atoms with van der Waals surface area (Å²) in [6.45, 7) is 2.06. The molecule has 0 saturated carbocycles. The average molecular weight is 393 g/mol. The summed E-state index contributed by atoms with van der Waals surface area (Å²) in [5, 5.41) is 16.7. The van der Waals surface area contributed by atoms with Gasteiger partial charge in [0.2, 0.25) is 0 Å². The van der Waals surface area contributed by atoms with Crippen molar-refractivity contribution in [3.63, 3.8) is 0 Å². The van der Waals surface area contributed by atoms with Gasteiger partial charge in [0, 0.05) is 11.9 Å². The fourth-order valence-corrected chi connectivity index (χ4v) is 2.21. The summed E-state index contributed by atoms with van der Waals surface area (Å²) < 4.78 is 40.2. The van der Waals surface area contributed by atoms with E-state index in [-0.39, 0.29) is 17.3 Å². The molecule has 2 N–H and O–H groups in total. The average Bonchev–Trinajstić information content (AvgIpc) is 3.00. The van der Waals surface area contributed by atoms with Crippen LogP contribution in [0.2, 0.25) is 0 Å². The quantitative estimate of drug-likeness (QED) is 0.690. The van der Waals surface area contributed by atoms with E-state index in [9.17, 15) is 18.0 Å². The zero-order valence-corrected chi connectivity index (χ0v) is 14.4. The summed E-state index contributed by atoms with van der Waals surface area (Å²) in [5.74, 6) is 0.437. The van der Waals surface area contributed by atoms with Gasteiger partial charge in [-0.1, -0.05) is 0 Å². The van der Waals surface area contributed by atoms with Gasteiger partial charge in [-0.05, 0) is 54.1 Å². The lowest BCUT2D eigenvalue weighted by atomic mass is 10.2. The molecule has 0 unspecified atom stereocenters. The second kappa shape index (κ2) is 7.90. The van der Waals surface area contributed by atoms with E-state index in [1.165, 1.54) is 23.1 Å². The molecule has 9 nitrogen and oxygen atoms in total. The second-order valence-electron chi connectivity index (χ2n) is 5.57. The van der Waals surface area contributed by atoms with Crippen LogP contribution in [-0.4, -0.2) is 37.6 Å². The molecule has 3 aromatic rings. The Kier molecular flexibility index (Phi) is 5.38. The van der Waals surface area contributed by atoms with Crippen LogP contribution in [0, 0.1) is 6.92 Å². The Labute approximate surface area is 156 Å². The van der Waals surface area contributed by atoms with Gasteiger partial charge in [-0.25, -0.2) is 9.78 Å². The first-order chi connectivity index (χ1) is 13.3. The van der Waals surface area contributed by atoms with E-state index in [1.54, 1.807) is 19.1 Å². The molecule has 1 aromatic carbocycles. The Hall–Kier alpha value is -3.70. The largest absolute Gasteiger partial charge is 0.573 e. The lowest BCUT2D eigenvalue weighted by Crippen LogP contribution is -2.20. The van der Waals surface area contributed by atoms with Gasteiger partial charge in [-0.3, -0.25) is 5.32 Å². The third kappa shape index (κ3) is 5.65. The molecule has 0 aliphatic heterocycles. The van der Waals surface area contributed by atoms with E-state index < -0.39 is 12.4 Å². The summed E-state index contributed by atoms with van der Waals surface area (Å²) in [6, 6.07) is 7.51. The predicted molar refractivity (Wildman–Crippen MR) is 91.7 cm³/mol. The van der Waals surface area contributed by atoms with Crippen molar-refractivity contribution >= 4 is 17.5 Å². The molecule has 0 bridgehead atoms. The number of nitrogens with one attached hydrogen (secondary N) is 2. The number of carbonyl (C=O) groups excluding carboxylic acids is 1. The Bertz CT molecular complexity index is 957. The minimum atomic E-state index is -4.77. The number of benzene rings is 1. The number of hydrogen-bond donors (Lipinski definition) is 2. The number of urea groups is 1. The van der Waals surface area contributed by atoms with Crippen molar-refractivity contribution in [3.05, 3.63) is 54.0 Å². The highest BCUT2D eigenvalue weighted by molar-refractivity contribution is 5.99. The van der Waals surface area contributed by atoms with Crippen molar-refractivity contribution in [2.75, 3.05) is 10.6 Å². The highest BCUT2D eigenvalue weighted by Gasteiger charge is 2.30. The van der Waals surface area contributed by atoms with E-state index in [0.29, 0.717) is 12.4 Å². The van der Waals surface area contributed by atoms with Gasteiger partial charge in [-0.2, -0.15) is 4.80 Å². The Morgan fingerprint density at radius 3 is 2.57 bits per heavy atom. The first kappa shape index (κ1) is 19.1. The maximum absolute atomic E-state index is 12.1. The van der Waals surface area contributed by atoms with Crippen molar-refractivity contribution in [2.24, 2.45) is 0 Å². The van der Waals surface area contributed by atoms with Gasteiger partial charge in [0.15, 0.2) is 5.82 Å². The van der Waals surface area contributed by atoms with Gasteiger partial charge < -0.3 is 10.1 Å². The number of rotatable bonds is 5. The van der Waals surface area contributed by atoms with Crippen LogP contribution in [0.1, 0.15) is 11.4 Å². The molecule has 0 atom stereocenters. The number of anilines is 2. The number of tetrazole rings is 1. The lowest BCUT2D eigenvalue weighted by molar-refractivity contribution is -0.274. The summed E-state index contributed by atoms with van der Waals surface area (Å²) in [5.41, 5.74) is 1.07. The number of aromatic nitrogens is 5. The van der Waals surface area contributed by atoms with Crippen LogP contribution in [0.4, 0.5) is 29.5 Å². The first-order valence-electron chi connectivity index (χ1n) is 7.90. The summed E-state index contributed by atoms with van der Waals surface area (Å²) in [6.07, 6.45) is -3.26. The number of pyridine rings is 1. The fourth-order valence-electron chi connectivity index (χ4n) is 2.21. The number of halogens is 3. The molecular formula is C16H14F3N7O2. The number of aryl methyl sites for hydroxylation is 1. The minimum absolute atomic E-state index is 0.281. The van der Waals surface area contributed by atoms with E-state index in [1.807, 2.05) is 0 Å². The summed E-state index contributed by atoms with van der Waals surface area (Å²) in [4.78, 5) is 17.5. The van der Waals surface area contributed by atoms with Crippen LogP contribution >= 0.6 is 0 Å². The lowest BCUT2D eigenvalue weighted by Gasteiger charge is -2.10. The number of alkyl halides is 3. The number of ether oxygens (including phenoxy) is 1. The standard InChI is InChI=1S/C16H14F3N7O2/c1-10-23-25-26(24-10)9-11-6-7-20-14(8-11)22-15(27)21-12-2-4-13(5-3-12)28-16(17,18)19/h2-8H,9H2,1H3,(H2,20,21,22,27). The van der Waals surface area contributed by atoms with Crippen LogP contribution in [0.15, 0.2) is 42.6 Å². The SMILES string of the molecule is Cc1nnn(Cc2ccnc(NC(=O)Nc3ccc(OC(F)(F)F)cc3)c2)n1. The first-order valence-corrected chi connectivity index (χ1v) is 7.90. The van der Waals surface area contributed by atoms with Gasteiger partial charge in [0.1, 0.15) is 11.6 Å². The molecule has 0 saturated heterocycles. The highest BCUT2D eigenvalue weighted by atomic mass is 19.4. The number of amides is 2. The van der Waals surface area contributed by atoms with Gasteiger partial charge in [0.25, 0.3) is 0 Å². The van der Waals surface area contributed by atoms with Crippen LogP contribution in [0.25, 0.3) is 0 Å². The molecule has 0 aliphatic rings. The van der Waals surface area contributed by atoms with E-state index in [4.69, 9.17) is 0 Å². The van der Waals surface area contributed by atoms with Crippen LogP contribution < -0.4 is 15.4 Å². The monoisotopic (exact) mass is 393 g/mol. The third-order valence-electron chi connectivity index (χ3n) is 3.29. The van der Waals surface area contributed by atoms with Crippen LogP contribution in [0.3, 0.4) is 0 Å². The number of hydrogen-bond acceptors (Lipinski definition) is 6. The molecule has 2 aromatic heterocycles. The second-order valence-corrected chi connectivity index (χ2v) is 5.57. The fraction of sp³-hybridized carbons (Fsp3) is 0.188. The molecule has 0 spiro atoms. The molecule has 28 heavy (non-hydrogen) atoms. The van der Waals surface area contributed by atoms with Crippen molar-refractivity contribution in [1.82, 2.24) is 25.2 Å². The minimum Gasteiger partial charge on any atom is -0.406 e. The highest BCUT2D eigenvalue weighted by Crippen LogP contribution is 2.24. The Balaban J connectivity index is 1.58. The molecule has 2 heterocycles. The third-order valence-corrected chi connectivity index (χ3v) is 3.29. The molecule has 0 fully saturated rings. The molecule has 0 aliphatic carbocycles. The molecule has 146 valence electrons. The smallest absolute Gasteiger partial charge is 0.406 e. The van der Waals surface area contributed by atoms with Crippen molar-refractivity contribution < 1.29 is 22.7 Å². The van der Waals surface area contributed by atoms with Gasteiger partial charge >= 0.3 is 12.4 Å². The summed E-state index contributed by atoms with van der Waals surface area (Å²) in [7, 11) is 0. The van der Waals surface area contributed by atoms with Crippen LogP contribution in [-0.2, 0) is 6.54 Å². The zero-order chi connectivity index (χ0) is 20.1. The van der Waals surface area contributed by atoms with Gasteiger partial charge in [-0.15, -0.1) is 23.4 Å². The molecule has 2 amide bonds. The van der Waals surface area contributed by atoms with Crippen molar-refractivity contribution in [3.8, 4) is 5.75 Å². The molecular weight excluding hydrogens is 379 g/mol. The Morgan fingerprint density at radius 2 is 1.93 bits per heavy atom. The van der Waals surface area contributed by atoms with E-state index >= 15 is 0 Å². The predicted octanol–water partition coefficient (Wildman–Crippen LogP) is 2.97. The summed E-state index contributed by atoms with van der Waals surface area (Å²) >= 11 is 0. The van der Waals surface area contributed by atoms with E-state index in [0.717, 1.165) is 17.7 Å².